The van der Waals surface area contributed by atoms with Crippen LogP contribution in [-0.4, -0.2) is 22.7 Å². The average molecular weight is 261 g/mol. The Balaban J connectivity index is 2.05. The molecule has 0 amide bonds. The second-order valence-corrected chi connectivity index (χ2v) is 5.33. The standard InChI is InChI=1S/C9H9BrO2S/c10-7-1-3-9(4-2-7)13(11)6-8-5-12-8/h1-4,8H,5-6H2. The van der Waals surface area contributed by atoms with Gasteiger partial charge < -0.3 is 4.74 Å². The normalized spacial score (nSPS) is 22.7. The fourth-order valence-corrected chi connectivity index (χ4v) is 2.44. The highest BCUT2D eigenvalue weighted by Gasteiger charge is 2.25. The van der Waals surface area contributed by atoms with Crippen LogP contribution in [0.5, 0.6) is 0 Å². The van der Waals surface area contributed by atoms with Crippen molar-refractivity contribution in [2.75, 3.05) is 12.4 Å². The predicted octanol–water partition coefficient (Wildman–Crippen LogP) is 1.96. The molecule has 2 rings (SSSR count). The summed E-state index contributed by atoms with van der Waals surface area (Å²) >= 11 is 3.33. The van der Waals surface area contributed by atoms with Crippen molar-refractivity contribution in [3.63, 3.8) is 0 Å². The Bertz CT molecular complexity index is 319. The number of rotatable bonds is 3. The molecule has 2 atom stereocenters. The van der Waals surface area contributed by atoms with E-state index >= 15 is 0 Å². The maximum absolute atomic E-state index is 11.6. The maximum atomic E-state index is 11.6. The predicted molar refractivity (Wildman–Crippen MR) is 55.2 cm³/mol. The van der Waals surface area contributed by atoms with Crippen LogP contribution in [0.1, 0.15) is 0 Å². The Labute approximate surface area is 87.9 Å². The van der Waals surface area contributed by atoms with E-state index in [2.05, 4.69) is 15.9 Å². The van der Waals surface area contributed by atoms with Crippen LogP contribution in [0.15, 0.2) is 33.6 Å². The number of ether oxygens (including phenoxy) is 1. The molecule has 1 aliphatic rings. The molecule has 1 aliphatic heterocycles. The fourth-order valence-electron chi connectivity index (χ4n) is 1.02. The molecule has 0 saturated carbocycles. The first kappa shape index (κ1) is 9.37. The Hall–Kier alpha value is -0.190. The molecular weight excluding hydrogens is 252 g/mol. The third kappa shape index (κ3) is 2.62. The van der Waals surface area contributed by atoms with Crippen molar-refractivity contribution in [1.29, 1.82) is 0 Å². The summed E-state index contributed by atoms with van der Waals surface area (Å²) in [4.78, 5) is 0.874. The number of halogens is 1. The van der Waals surface area contributed by atoms with Crippen molar-refractivity contribution in [2.45, 2.75) is 11.0 Å². The van der Waals surface area contributed by atoms with Gasteiger partial charge in [0.15, 0.2) is 0 Å². The van der Waals surface area contributed by atoms with Crippen molar-refractivity contribution in [3.05, 3.63) is 28.7 Å². The molecule has 2 nitrogen and oxygen atoms in total. The van der Waals surface area contributed by atoms with Gasteiger partial charge in [0.05, 0.1) is 29.3 Å². The second kappa shape index (κ2) is 3.90. The van der Waals surface area contributed by atoms with Crippen LogP contribution < -0.4 is 0 Å². The van der Waals surface area contributed by atoms with Gasteiger partial charge in [0.25, 0.3) is 0 Å². The lowest BCUT2D eigenvalue weighted by atomic mass is 10.4. The van der Waals surface area contributed by atoms with Crippen LogP contribution in [0.4, 0.5) is 0 Å². The first-order chi connectivity index (χ1) is 6.25. The van der Waals surface area contributed by atoms with Gasteiger partial charge in [-0.25, -0.2) is 0 Å². The Morgan fingerprint density at radius 2 is 2.08 bits per heavy atom. The summed E-state index contributed by atoms with van der Waals surface area (Å²) in [6.07, 6.45) is 0.226. The van der Waals surface area contributed by atoms with Crippen molar-refractivity contribution >= 4 is 26.7 Å². The summed E-state index contributed by atoms with van der Waals surface area (Å²) in [6, 6.07) is 7.56. The highest BCUT2D eigenvalue weighted by atomic mass is 79.9. The minimum absolute atomic E-state index is 0.226. The molecule has 0 aromatic heterocycles. The largest absolute Gasteiger partial charge is 0.372 e. The summed E-state index contributed by atoms with van der Waals surface area (Å²) < 4.78 is 17.7. The molecule has 0 aliphatic carbocycles. The van der Waals surface area contributed by atoms with Crippen molar-refractivity contribution in [3.8, 4) is 0 Å². The second-order valence-electron chi connectivity index (χ2n) is 2.92. The van der Waals surface area contributed by atoms with E-state index in [9.17, 15) is 4.21 Å². The smallest absolute Gasteiger partial charge is 0.0928 e. The van der Waals surface area contributed by atoms with E-state index in [1.807, 2.05) is 24.3 Å². The van der Waals surface area contributed by atoms with Gasteiger partial charge in [0, 0.05) is 9.37 Å². The molecule has 4 heteroatoms. The molecule has 1 heterocycles. The fraction of sp³-hybridized carbons (Fsp3) is 0.333. The summed E-state index contributed by atoms with van der Waals surface area (Å²) in [6.45, 7) is 0.766. The van der Waals surface area contributed by atoms with E-state index in [-0.39, 0.29) is 6.10 Å². The lowest BCUT2D eigenvalue weighted by Crippen LogP contribution is -2.03. The zero-order valence-corrected chi connectivity index (χ0v) is 9.31. The van der Waals surface area contributed by atoms with E-state index in [1.54, 1.807) is 0 Å². The highest BCUT2D eigenvalue weighted by molar-refractivity contribution is 9.10. The van der Waals surface area contributed by atoms with Crippen LogP contribution in [0.25, 0.3) is 0 Å². The molecule has 0 bridgehead atoms. The van der Waals surface area contributed by atoms with E-state index in [4.69, 9.17) is 4.74 Å². The lowest BCUT2D eigenvalue weighted by Gasteiger charge is -1.99. The van der Waals surface area contributed by atoms with E-state index in [0.717, 1.165) is 16.0 Å². The molecule has 1 aromatic rings. The Kier molecular flexibility index (Phi) is 2.81. The molecule has 0 N–H and O–H groups in total. The minimum Gasteiger partial charge on any atom is -0.372 e. The Morgan fingerprint density at radius 3 is 2.62 bits per heavy atom. The number of epoxide rings is 1. The van der Waals surface area contributed by atoms with Crippen LogP contribution in [-0.2, 0) is 15.5 Å². The Morgan fingerprint density at radius 1 is 1.46 bits per heavy atom. The minimum atomic E-state index is -0.905. The van der Waals surface area contributed by atoms with E-state index < -0.39 is 10.8 Å². The quantitative estimate of drug-likeness (QED) is 0.778. The molecule has 1 aromatic carbocycles. The zero-order valence-electron chi connectivity index (χ0n) is 6.90. The van der Waals surface area contributed by atoms with Gasteiger partial charge in [0.1, 0.15) is 0 Å². The van der Waals surface area contributed by atoms with Gasteiger partial charge in [-0.3, -0.25) is 4.21 Å². The number of hydrogen-bond donors (Lipinski definition) is 0. The van der Waals surface area contributed by atoms with Gasteiger partial charge in [-0.1, -0.05) is 15.9 Å². The third-order valence-electron chi connectivity index (χ3n) is 1.82. The molecule has 0 spiro atoms. The SMILES string of the molecule is O=S(CC1CO1)c1ccc(Br)cc1. The monoisotopic (exact) mass is 260 g/mol. The third-order valence-corrected chi connectivity index (χ3v) is 3.82. The van der Waals surface area contributed by atoms with E-state index in [1.165, 1.54) is 0 Å². The molecule has 13 heavy (non-hydrogen) atoms. The zero-order chi connectivity index (χ0) is 9.26. The van der Waals surface area contributed by atoms with Crippen LogP contribution in [0.2, 0.25) is 0 Å². The topological polar surface area (TPSA) is 29.6 Å². The summed E-state index contributed by atoms with van der Waals surface area (Å²) in [5, 5.41) is 0. The molecule has 2 unspecified atom stereocenters. The van der Waals surface area contributed by atoms with Crippen LogP contribution in [0.3, 0.4) is 0 Å². The van der Waals surface area contributed by atoms with Gasteiger partial charge in [-0.05, 0) is 24.3 Å². The average Bonchev–Trinajstić information content (AvgIpc) is 2.89. The molecular formula is C9H9BrO2S. The van der Waals surface area contributed by atoms with Gasteiger partial charge >= 0.3 is 0 Å². The first-order valence-electron chi connectivity index (χ1n) is 4.01. The summed E-state index contributed by atoms with van der Waals surface area (Å²) in [5.74, 6) is 0.627. The first-order valence-corrected chi connectivity index (χ1v) is 6.12. The maximum Gasteiger partial charge on any atom is 0.0928 e. The molecule has 0 radical (unpaired) electrons. The summed E-state index contributed by atoms with van der Waals surface area (Å²) in [7, 11) is -0.905. The van der Waals surface area contributed by atoms with Gasteiger partial charge in [-0.15, -0.1) is 0 Å². The van der Waals surface area contributed by atoms with Gasteiger partial charge in [0.2, 0.25) is 0 Å². The van der Waals surface area contributed by atoms with Crippen molar-refractivity contribution < 1.29 is 8.95 Å². The van der Waals surface area contributed by atoms with Gasteiger partial charge in [-0.2, -0.15) is 0 Å². The van der Waals surface area contributed by atoms with Crippen LogP contribution >= 0.6 is 15.9 Å². The summed E-state index contributed by atoms with van der Waals surface area (Å²) in [5.41, 5.74) is 0. The molecule has 1 fully saturated rings. The van der Waals surface area contributed by atoms with E-state index in [0.29, 0.717) is 5.75 Å². The van der Waals surface area contributed by atoms with Crippen molar-refractivity contribution in [2.24, 2.45) is 0 Å². The number of hydrogen-bond acceptors (Lipinski definition) is 2. The molecule has 1 saturated heterocycles. The molecule has 70 valence electrons. The van der Waals surface area contributed by atoms with Crippen molar-refractivity contribution in [1.82, 2.24) is 0 Å². The lowest BCUT2D eigenvalue weighted by molar-refractivity contribution is 0.425. The highest BCUT2D eigenvalue weighted by Crippen LogP contribution is 2.17. The van der Waals surface area contributed by atoms with Crippen LogP contribution in [0, 0.1) is 0 Å². The number of benzene rings is 1.